The average Bonchev–Trinajstić information content (AvgIpc) is 2.81. The number of benzene rings is 2. The first-order valence-electron chi connectivity index (χ1n) is 10.4. The van der Waals surface area contributed by atoms with Crippen molar-refractivity contribution < 1.29 is 27.5 Å². The molecule has 9 nitrogen and oxygen atoms in total. The lowest BCUT2D eigenvalue weighted by atomic mass is 10.1. The zero-order valence-electron chi connectivity index (χ0n) is 18.3. The molecule has 2 aromatic rings. The maximum absolute atomic E-state index is 13.3. The van der Waals surface area contributed by atoms with E-state index in [1.54, 1.807) is 24.3 Å². The predicted molar refractivity (Wildman–Crippen MR) is 123 cm³/mol. The number of carbonyl (C=O) groups excluding carboxylic acids is 2. The van der Waals surface area contributed by atoms with Crippen LogP contribution in [0.25, 0.3) is 0 Å². The number of sulfonamides is 1. The fourth-order valence-electron chi connectivity index (χ4n) is 3.49. The van der Waals surface area contributed by atoms with Gasteiger partial charge in [-0.1, -0.05) is 18.0 Å². The second kappa shape index (κ2) is 10.9. The summed E-state index contributed by atoms with van der Waals surface area (Å²) in [5.41, 5.74) is 4.55. The summed E-state index contributed by atoms with van der Waals surface area (Å²) in [5, 5.41) is 0.537. The summed E-state index contributed by atoms with van der Waals surface area (Å²) >= 11 is 5.80. The smallest absolute Gasteiger partial charge is 0.276 e. The number of halogens is 1. The minimum absolute atomic E-state index is 0.0537. The summed E-state index contributed by atoms with van der Waals surface area (Å²) < 4.78 is 38.5. The highest BCUT2D eigenvalue weighted by molar-refractivity contribution is 7.89. The Balaban J connectivity index is 1.67. The third-order valence-electron chi connectivity index (χ3n) is 5.25. The Morgan fingerprint density at radius 3 is 2.52 bits per heavy atom. The number of hydrogen-bond acceptors (Lipinski definition) is 6. The molecule has 1 aliphatic rings. The number of rotatable bonds is 7. The van der Waals surface area contributed by atoms with Crippen LogP contribution in [0.5, 0.6) is 11.5 Å². The highest BCUT2D eigenvalue weighted by atomic mass is 35.5. The van der Waals surface area contributed by atoms with Crippen LogP contribution in [0, 0.1) is 0 Å². The molecule has 178 valence electrons. The van der Waals surface area contributed by atoms with E-state index in [4.69, 9.17) is 21.1 Å². The van der Waals surface area contributed by atoms with Crippen molar-refractivity contribution >= 4 is 33.4 Å². The molecule has 33 heavy (non-hydrogen) atoms. The quantitative estimate of drug-likeness (QED) is 0.571. The summed E-state index contributed by atoms with van der Waals surface area (Å²) in [7, 11) is -2.50. The molecule has 0 spiro atoms. The number of piperidine rings is 1. The van der Waals surface area contributed by atoms with E-state index in [2.05, 4.69) is 10.9 Å². The van der Waals surface area contributed by atoms with Gasteiger partial charge in [-0.2, -0.15) is 4.31 Å². The Morgan fingerprint density at radius 1 is 1.12 bits per heavy atom. The van der Waals surface area contributed by atoms with Crippen molar-refractivity contribution in [1.82, 2.24) is 15.2 Å². The number of methoxy groups -OCH3 is 1. The van der Waals surface area contributed by atoms with Gasteiger partial charge in [-0.15, -0.1) is 0 Å². The first-order valence-corrected chi connectivity index (χ1v) is 12.2. The maximum Gasteiger partial charge on any atom is 0.276 e. The minimum Gasteiger partial charge on any atom is -0.495 e. The van der Waals surface area contributed by atoms with E-state index in [-0.39, 0.29) is 28.9 Å². The summed E-state index contributed by atoms with van der Waals surface area (Å²) in [5.74, 6) is -0.690. The van der Waals surface area contributed by atoms with Gasteiger partial charge in [-0.05, 0) is 62.2 Å². The second-order valence-corrected chi connectivity index (χ2v) is 9.87. The minimum atomic E-state index is -3.87. The lowest BCUT2D eigenvalue weighted by Gasteiger charge is -2.32. The van der Waals surface area contributed by atoms with Gasteiger partial charge >= 0.3 is 0 Å². The summed E-state index contributed by atoms with van der Waals surface area (Å²) in [6.07, 6.45) is 2.51. The second-order valence-electron chi connectivity index (χ2n) is 7.57. The van der Waals surface area contributed by atoms with Crippen LogP contribution >= 0.6 is 11.6 Å². The molecule has 1 unspecified atom stereocenters. The molecule has 3 rings (SSSR count). The van der Waals surface area contributed by atoms with Crippen molar-refractivity contribution in [2.24, 2.45) is 0 Å². The molecule has 2 aromatic carbocycles. The maximum atomic E-state index is 13.3. The molecular weight excluding hydrogens is 470 g/mol. The van der Waals surface area contributed by atoms with E-state index in [9.17, 15) is 18.0 Å². The molecule has 1 heterocycles. The van der Waals surface area contributed by atoms with E-state index < -0.39 is 21.8 Å². The monoisotopic (exact) mass is 495 g/mol. The lowest BCUT2D eigenvalue weighted by molar-refractivity contribution is -0.123. The van der Waals surface area contributed by atoms with Gasteiger partial charge < -0.3 is 9.47 Å². The van der Waals surface area contributed by atoms with Crippen molar-refractivity contribution in [2.45, 2.75) is 37.1 Å². The van der Waals surface area contributed by atoms with Gasteiger partial charge in [0, 0.05) is 23.2 Å². The number of ether oxygens (including phenoxy) is 2. The Labute approximate surface area is 198 Å². The van der Waals surface area contributed by atoms with Crippen molar-refractivity contribution in [2.75, 3.05) is 20.3 Å². The number of amides is 2. The van der Waals surface area contributed by atoms with Gasteiger partial charge in [-0.25, -0.2) is 8.42 Å². The van der Waals surface area contributed by atoms with Crippen LogP contribution in [0.1, 0.15) is 36.5 Å². The van der Waals surface area contributed by atoms with E-state index in [0.717, 1.165) is 19.3 Å². The number of hydrogen-bond donors (Lipinski definition) is 2. The first kappa shape index (κ1) is 24.8. The average molecular weight is 496 g/mol. The molecule has 0 aliphatic carbocycles. The molecule has 0 saturated carbocycles. The third-order valence-corrected chi connectivity index (χ3v) is 7.54. The van der Waals surface area contributed by atoms with Gasteiger partial charge in [-0.3, -0.25) is 20.4 Å². The van der Waals surface area contributed by atoms with E-state index in [0.29, 0.717) is 17.3 Å². The van der Waals surface area contributed by atoms with Crippen LogP contribution in [0.3, 0.4) is 0 Å². The van der Waals surface area contributed by atoms with E-state index in [1.165, 1.54) is 29.6 Å². The van der Waals surface area contributed by atoms with Crippen LogP contribution in [0.15, 0.2) is 47.4 Å². The van der Waals surface area contributed by atoms with Gasteiger partial charge in [0.2, 0.25) is 10.0 Å². The van der Waals surface area contributed by atoms with Crippen LogP contribution in [-0.4, -0.2) is 50.8 Å². The normalized spacial score (nSPS) is 16.6. The van der Waals surface area contributed by atoms with Gasteiger partial charge in [0.15, 0.2) is 6.61 Å². The van der Waals surface area contributed by atoms with E-state index in [1.807, 2.05) is 6.92 Å². The topological polar surface area (TPSA) is 114 Å². The predicted octanol–water partition coefficient (Wildman–Crippen LogP) is 2.75. The Bertz CT molecular complexity index is 1110. The fraction of sp³-hybridized carbons (Fsp3) is 0.364. The molecule has 0 aromatic heterocycles. The summed E-state index contributed by atoms with van der Waals surface area (Å²) in [6, 6.07) is 10.4. The summed E-state index contributed by atoms with van der Waals surface area (Å²) in [4.78, 5) is 24.4. The molecule has 2 N–H and O–H groups in total. The van der Waals surface area contributed by atoms with Crippen LogP contribution < -0.4 is 20.3 Å². The van der Waals surface area contributed by atoms with Crippen LogP contribution in [0.2, 0.25) is 5.02 Å². The zero-order valence-corrected chi connectivity index (χ0v) is 19.9. The Hall–Kier alpha value is -2.82. The van der Waals surface area contributed by atoms with Crippen molar-refractivity contribution in [3.8, 4) is 11.5 Å². The Kier molecular flexibility index (Phi) is 8.17. The molecule has 1 saturated heterocycles. The SMILES string of the molecule is COc1ccc(C(=O)NNC(=O)COc2ccc(Cl)cc2)cc1S(=O)(=O)N1CCCCC1C. The lowest BCUT2D eigenvalue weighted by Crippen LogP contribution is -2.44. The van der Waals surface area contributed by atoms with Crippen molar-refractivity contribution in [3.05, 3.63) is 53.1 Å². The van der Waals surface area contributed by atoms with Gasteiger partial charge in [0.25, 0.3) is 11.8 Å². The highest BCUT2D eigenvalue weighted by Gasteiger charge is 2.33. The molecule has 1 atom stereocenters. The molecule has 2 amide bonds. The number of nitrogens with zero attached hydrogens (tertiary/aromatic N) is 1. The molecule has 11 heteroatoms. The third kappa shape index (κ3) is 6.16. The van der Waals surface area contributed by atoms with Gasteiger partial charge in [0.1, 0.15) is 16.4 Å². The fourth-order valence-corrected chi connectivity index (χ4v) is 5.50. The van der Waals surface area contributed by atoms with Gasteiger partial charge in [0.05, 0.1) is 7.11 Å². The Morgan fingerprint density at radius 2 is 1.85 bits per heavy atom. The van der Waals surface area contributed by atoms with Crippen molar-refractivity contribution in [1.29, 1.82) is 0 Å². The van der Waals surface area contributed by atoms with Crippen LogP contribution in [-0.2, 0) is 14.8 Å². The van der Waals surface area contributed by atoms with Crippen LogP contribution in [0.4, 0.5) is 0 Å². The zero-order chi connectivity index (χ0) is 24.0. The molecule has 0 bridgehead atoms. The molecule has 1 aliphatic heterocycles. The number of nitrogens with one attached hydrogen (secondary N) is 2. The standard InChI is InChI=1S/C22H26ClN3O6S/c1-15-5-3-4-12-26(15)33(29,30)20-13-16(6-11-19(20)31-2)22(28)25-24-21(27)14-32-18-9-7-17(23)8-10-18/h6-11,13,15H,3-5,12,14H2,1-2H3,(H,24,27)(H,25,28). The molecule has 1 fully saturated rings. The summed E-state index contributed by atoms with van der Waals surface area (Å²) in [6.45, 7) is 1.94. The molecule has 0 radical (unpaired) electrons. The number of hydrazine groups is 1. The number of carbonyl (C=O) groups is 2. The molecular formula is C22H26ClN3O6S. The van der Waals surface area contributed by atoms with E-state index >= 15 is 0 Å². The largest absolute Gasteiger partial charge is 0.495 e. The first-order chi connectivity index (χ1) is 15.7. The van der Waals surface area contributed by atoms with Crippen molar-refractivity contribution in [3.63, 3.8) is 0 Å². The highest BCUT2D eigenvalue weighted by Crippen LogP contribution is 2.31.